The lowest BCUT2D eigenvalue weighted by molar-refractivity contribution is -0.125. The highest BCUT2D eigenvalue weighted by molar-refractivity contribution is 7.89. The number of carbonyl (C=O) groups is 1. The lowest BCUT2D eigenvalue weighted by atomic mass is 9.99. The number of amides is 1. The number of hydrogen-bond acceptors (Lipinski definition) is 3. The monoisotopic (exact) mass is 338 g/mol. The fourth-order valence-corrected chi connectivity index (χ4v) is 5.33. The van der Waals surface area contributed by atoms with Gasteiger partial charge >= 0.3 is 0 Å². The summed E-state index contributed by atoms with van der Waals surface area (Å²) in [4.78, 5) is 12.4. The van der Waals surface area contributed by atoms with Gasteiger partial charge in [0, 0.05) is 19.6 Å². The Morgan fingerprint density at radius 2 is 1.87 bits per heavy atom. The van der Waals surface area contributed by atoms with Crippen molar-refractivity contribution in [2.24, 2.45) is 5.92 Å². The first-order valence-corrected chi connectivity index (χ1v) is 9.57. The van der Waals surface area contributed by atoms with Gasteiger partial charge < -0.3 is 5.32 Å². The number of aryl methyl sites for hydroxylation is 3. The first-order valence-electron chi connectivity index (χ1n) is 8.13. The molecule has 0 aliphatic carbocycles. The number of carbonyl (C=O) groups excluding carboxylic acids is 1. The maximum atomic E-state index is 13.1. The van der Waals surface area contributed by atoms with Crippen LogP contribution in [0, 0.1) is 26.7 Å². The molecule has 2 rings (SSSR count). The number of piperidine rings is 1. The van der Waals surface area contributed by atoms with E-state index in [9.17, 15) is 13.2 Å². The molecule has 0 radical (unpaired) electrons. The topological polar surface area (TPSA) is 66.5 Å². The van der Waals surface area contributed by atoms with E-state index < -0.39 is 10.0 Å². The molecule has 6 heteroatoms. The zero-order valence-electron chi connectivity index (χ0n) is 14.3. The molecule has 5 nitrogen and oxygen atoms in total. The van der Waals surface area contributed by atoms with Gasteiger partial charge in [-0.1, -0.05) is 17.7 Å². The summed E-state index contributed by atoms with van der Waals surface area (Å²) in [7, 11) is -3.57. The van der Waals surface area contributed by atoms with E-state index in [1.807, 2.05) is 39.8 Å². The molecule has 1 fully saturated rings. The zero-order valence-corrected chi connectivity index (χ0v) is 15.2. The van der Waals surface area contributed by atoms with Crippen LogP contribution in [0.3, 0.4) is 0 Å². The molecule has 0 unspecified atom stereocenters. The first kappa shape index (κ1) is 17.9. The number of rotatable bonds is 4. The summed E-state index contributed by atoms with van der Waals surface area (Å²) >= 11 is 0. The van der Waals surface area contributed by atoms with Crippen molar-refractivity contribution >= 4 is 15.9 Å². The predicted molar refractivity (Wildman–Crippen MR) is 90.8 cm³/mol. The normalized spacial score (nSPS) is 19.6. The van der Waals surface area contributed by atoms with Gasteiger partial charge in [0.2, 0.25) is 15.9 Å². The Balaban J connectivity index is 2.31. The summed E-state index contributed by atoms with van der Waals surface area (Å²) in [5.41, 5.74) is 2.59. The van der Waals surface area contributed by atoms with Crippen molar-refractivity contribution in [1.29, 1.82) is 0 Å². The minimum absolute atomic E-state index is 0.0512. The Morgan fingerprint density at radius 3 is 2.43 bits per heavy atom. The van der Waals surface area contributed by atoms with Crippen LogP contribution in [0.2, 0.25) is 0 Å². The average molecular weight is 338 g/mol. The second-order valence-electron chi connectivity index (χ2n) is 6.32. The maximum absolute atomic E-state index is 13.1. The maximum Gasteiger partial charge on any atom is 0.243 e. The molecule has 0 spiro atoms. The van der Waals surface area contributed by atoms with E-state index >= 15 is 0 Å². The molecule has 1 amide bonds. The summed E-state index contributed by atoms with van der Waals surface area (Å²) in [6.45, 7) is 8.80. The summed E-state index contributed by atoms with van der Waals surface area (Å²) in [6.07, 6.45) is 1.45. The molecule has 1 aromatic rings. The minimum Gasteiger partial charge on any atom is -0.356 e. The lowest BCUT2D eigenvalue weighted by Gasteiger charge is -2.32. The highest BCUT2D eigenvalue weighted by Crippen LogP contribution is 2.28. The van der Waals surface area contributed by atoms with Gasteiger partial charge in [-0.25, -0.2) is 8.42 Å². The first-order chi connectivity index (χ1) is 10.8. The molecule has 1 aliphatic rings. The third-order valence-corrected chi connectivity index (χ3v) is 6.48. The van der Waals surface area contributed by atoms with Gasteiger partial charge in [-0.3, -0.25) is 4.79 Å². The van der Waals surface area contributed by atoms with Gasteiger partial charge in [-0.15, -0.1) is 0 Å². The standard InChI is InChI=1S/C17H26N2O3S/c1-5-18-17(20)15-7-6-8-19(11-15)23(21,22)16-13(3)9-12(2)10-14(16)4/h9-10,15H,5-8,11H2,1-4H3,(H,18,20)/t15-/m1/s1. The molecular formula is C17H26N2O3S. The Hall–Kier alpha value is -1.40. The van der Waals surface area contributed by atoms with E-state index in [1.54, 1.807) is 0 Å². The molecule has 1 atom stereocenters. The van der Waals surface area contributed by atoms with Crippen molar-refractivity contribution in [2.75, 3.05) is 19.6 Å². The van der Waals surface area contributed by atoms with E-state index in [4.69, 9.17) is 0 Å². The summed E-state index contributed by atoms with van der Waals surface area (Å²) in [6, 6.07) is 3.79. The van der Waals surface area contributed by atoms with E-state index in [0.717, 1.165) is 23.1 Å². The van der Waals surface area contributed by atoms with E-state index in [-0.39, 0.29) is 18.4 Å². The van der Waals surface area contributed by atoms with Crippen molar-refractivity contribution < 1.29 is 13.2 Å². The van der Waals surface area contributed by atoms with E-state index in [1.165, 1.54) is 4.31 Å². The van der Waals surface area contributed by atoms with Crippen LogP contribution in [0.25, 0.3) is 0 Å². The van der Waals surface area contributed by atoms with Crippen LogP contribution in [0.15, 0.2) is 17.0 Å². The molecule has 1 heterocycles. The van der Waals surface area contributed by atoms with Crippen molar-refractivity contribution in [1.82, 2.24) is 9.62 Å². The van der Waals surface area contributed by atoms with Gasteiger partial charge in [-0.05, 0) is 51.7 Å². The largest absolute Gasteiger partial charge is 0.356 e. The van der Waals surface area contributed by atoms with Gasteiger partial charge in [0.1, 0.15) is 0 Å². The fourth-order valence-electron chi connectivity index (χ4n) is 3.40. The predicted octanol–water partition coefficient (Wildman–Crippen LogP) is 2.15. The van der Waals surface area contributed by atoms with Crippen molar-refractivity contribution in [3.8, 4) is 0 Å². The molecule has 128 valence electrons. The van der Waals surface area contributed by atoms with Crippen molar-refractivity contribution in [3.05, 3.63) is 28.8 Å². The number of hydrogen-bond donors (Lipinski definition) is 1. The van der Waals surface area contributed by atoms with Crippen LogP contribution >= 0.6 is 0 Å². The smallest absolute Gasteiger partial charge is 0.243 e. The van der Waals surface area contributed by atoms with Gasteiger partial charge in [-0.2, -0.15) is 4.31 Å². The van der Waals surface area contributed by atoms with Crippen LogP contribution in [-0.4, -0.2) is 38.3 Å². The second kappa shape index (κ2) is 7.01. The summed E-state index contributed by atoms with van der Waals surface area (Å²) < 4.78 is 27.6. The van der Waals surface area contributed by atoms with Crippen LogP contribution in [-0.2, 0) is 14.8 Å². The van der Waals surface area contributed by atoms with E-state index in [0.29, 0.717) is 24.4 Å². The lowest BCUT2D eigenvalue weighted by Crippen LogP contribution is -2.45. The molecule has 0 bridgehead atoms. The van der Waals surface area contributed by atoms with E-state index in [2.05, 4.69) is 5.32 Å². The molecule has 1 N–H and O–H groups in total. The summed E-state index contributed by atoms with van der Waals surface area (Å²) in [5, 5.41) is 2.80. The minimum atomic E-state index is -3.57. The number of sulfonamides is 1. The van der Waals surface area contributed by atoms with Gasteiger partial charge in [0.15, 0.2) is 0 Å². The molecule has 1 saturated heterocycles. The quantitative estimate of drug-likeness (QED) is 0.915. The Labute approximate surface area is 139 Å². The Morgan fingerprint density at radius 1 is 1.26 bits per heavy atom. The molecular weight excluding hydrogens is 312 g/mol. The molecule has 0 saturated carbocycles. The van der Waals surface area contributed by atoms with Gasteiger partial charge in [0.25, 0.3) is 0 Å². The average Bonchev–Trinajstić information content (AvgIpc) is 2.46. The van der Waals surface area contributed by atoms with Crippen LogP contribution in [0.4, 0.5) is 0 Å². The number of nitrogens with one attached hydrogen (secondary N) is 1. The van der Waals surface area contributed by atoms with Crippen LogP contribution in [0.1, 0.15) is 36.5 Å². The Bertz CT molecular complexity index is 675. The fraction of sp³-hybridized carbons (Fsp3) is 0.588. The van der Waals surface area contributed by atoms with Gasteiger partial charge in [0.05, 0.1) is 10.8 Å². The third-order valence-electron chi connectivity index (χ3n) is 4.31. The van der Waals surface area contributed by atoms with Crippen molar-refractivity contribution in [2.45, 2.75) is 45.4 Å². The number of nitrogens with zero attached hydrogens (tertiary/aromatic N) is 1. The molecule has 0 aromatic heterocycles. The highest BCUT2D eigenvalue weighted by Gasteiger charge is 2.34. The third kappa shape index (κ3) is 3.75. The summed E-state index contributed by atoms with van der Waals surface area (Å²) in [5.74, 6) is -0.311. The molecule has 1 aromatic carbocycles. The second-order valence-corrected chi connectivity index (χ2v) is 8.20. The molecule has 23 heavy (non-hydrogen) atoms. The van der Waals surface area contributed by atoms with Crippen LogP contribution in [0.5, 0.6) is 0 Å². The number of benzene rings is 1. The highest BCUT2D eigenvalue weighted by atomic mass is 32.2. The Kier molecular flexibility index (Phi) is 5.47. The van der Waals surface area contributed by atoms with Crippen molar-refractivity contribution in [3.63, 3.8) is 0 Å². The van der Waals surface area contributed by atoms with Crippen LogP contribution < -0.4 is 5.32 Å². The zero-order chi connectivity index (χ0) is 17.2. The SMILES string of the molecule is CCNC(=O)[C@@H]1CCCN(S(=O)(=O)c2c(C)cc(C)cc2C)C1. The molecule has 1 aliphatic heterocycles.